The number of rotatable bonds is 4. The number of aryl methyl sites for hydroxylation is 1. The Morgan fingerprint density at radius 2 is 2.16 bits per heavy atom. The van der Waals surface area contributed by atoms with Crippen molar-refractivity contribution in [1.82, 2.24) is 9.97 Å². The summed E-state index contributed by atoms with van der Waals surface area (Å²) in [6.45, 7) is 0. The van der Waals surface area contributed by atoms with E-state index >= 15 is 0 Å². The number of fused-ring (bicyclic) bond motifs is 1. The molecule has 0 saturated carbocycles. The molecule has 0 bridgehead atoms. The fourth-order valence-corrected chi connectivity index (χ4v) is 2.57. The number of oxazole rings is 1. The molecule has 0 spiro atoms. The van der Waals surface area contributed by atoms with Crippen molar-refractivity contribution in [2.45, 2.75) is 11.6 Å². The molecule has 2 N–H and O–H groups in total. The Hall–Kier alpha value is -2.01. The highest BCUT2D eigenvalue weighted by Crippen LogP contribution is 2.25. The summed E-state index contributed by atoms with van der Waals surface area (Å²) in [5.41, 5.74) is 9.07. The van der Waals surface area contributed by atoms with E-state index in [2.05, 4.69) is 9.97 Å². The lowest BCUT2D eigenvalue weighted by molar-refractivity contribution is 0.489. The van der Waals surface area contributed by atoms with E-state index in [0.29, 0.717) is 10.9 Å². The van der Waals surface area contributed by atoms with Gasteiger partial charge in [0.05, 0.1) is 0 Å². The van der Waals surface area contributed by atoms with Crippen molar-refractivity contribution in [3.8, 4) is 0 Å². The minimum absolute atomic E-state index is 0.677. The average molecular weight is 271 g/mol. The highest BCUT2D eigenvalue weighted by molar-refractivity contribution is 7.99. The monoisotopic (exact) mass is 271 g/mol. The van der Waals surface area contributed by atoms with Gasteiger partial charge in [-0.15, -0.1) is 0 Å². The predicted octanol–water partition coefficient (Wildman–Crippen LogP) is 3.14. The lowest BCUT2D eigenvalue weighted by Crippen LogP contribution is -1.91. The molecule has 0 saturated heterocycles. The predicted molar refractivity (Wildman–Crippen MR) is 77.1 cm³/mol. The van der Waals surface area contributed by atoms with Crippen molar-refractivity contribution in [1.29, 1.82) is 0 Å². The summed E-state index contributed by atoms with van der Waals surface area (Å²) in [7, 11) is 0. The molecule has 2 aromatic heterocycles. The van der Waals surface area contributed by atoms with Gasteiger partial charge < -0.3 is 10.2 Å². The van der Waals surface area contributed by atoms with Crippen molar-refractivity contribution in [3.63, 3.8) is 0 Å². The quantitative estimate of drug-likeness (QED) is 0.583. The third-order valence-corrected chi connectivity index (χ3v) is 3.53. The van der Waals surface area contributed by atoms with Crippen molar-refractivity contribution in [2.75, 3.05) is 11.5 Å². The largest absolute Gasteiger partial charge is 0.431 e. The molecule has 0 fully saturated rings. The number of hydrogen-bond donors (Lipinski definition) is 1. The van der Waals surface area contributed by atoms with Crippen LogP contribution in [0.4, 0.5) is 5.69 Å². The Morgan fingerprint density at radius 3 is 3.00 bits per heavy atom. The van der Waals surface area contributed by atoms with Crippen molar-refractivity contribution in [3.05, 3.63) is 48.3 Å². The molecular weight excluding hydrogens is 258 g/mol. The highest BCUT2D eigenvalue weighted by atomic mass is 32.2. The van der Waals surface area contributed by atoms with Crippen LogP contribution < -0.4 is 5.73 Å². The summed E-state index contributed by atoms with van der Waals surface area (Å²) in [6.07, 6.45) is 2.70. The number of thioether (sulfide) groups is 1. The van der Waals surface area contributed by atoms with E-state index in [4.69, 9.17) is 10.2 Å². The van der Waals surface area contributed by atoms with Crippen molar-refractivity contribution in [2.24, 2.45) is 0 Å². The van der Waals surface area contributed by atoms with Gasteiger partial charge in [0.15, 0.2) is 5.58 Å². The molecule has 0 amide bonds. The lowest BCUT2D eigenvalue weighted by atomic mass is 10.3. The Bertz CT molecular complexity index is 681. The Balaban J connectivity index is 1.65. The molecule has 1 aromatic carbocycles. The summed E-state index contributed by atoms with van der Waals surface area (Å²) in [5, 5.41) is 0.677. The average Bonchev–Trinajstić information content (AvgIpc) is 2.82. The maximum atomic E-state index is 5.71. The van der Waals surface area contributed by atoms with E-state index in [0.717, 1.165) is 29.0 Å². The van der Waals surface area contributed by atoms with Crippen LogP contribution in [0, 0.1) is 0 Å². The topological polar surface area (TPSA) is 64.9 Å². The molecule has 19 heavy (non-hydrogen) atoms. The van der Waals surface area contributed by atoms with E-state index < -0.39 is 0 Å². The van der Waals surface area contributed by atoms with Crippen LogP contribution in [-0.4, -0.2) is 15.7 Å². The molecule has 2 heterocycles. The fourth-order valence-electron chi connectivity index (χ4n) is 1.77. The van der Waals surface area contributed by atoms with Crippen LogP contribution in [0.3, 0.4) is 0 Å². The first-order valence-corrected chi connectivity index (χ1v) is 6.98. The van der Waals surface area contributed by atoms with Crippen LogP contribution in [0.5, 0.6) is 0 Å². The van der Waals surface area contributed by atoms with Crippen molar-refractivity contribution < 1.29 is 4.42 Å². The fraction of sp³-hybridized carbons (Fsp3) is 0.143. The van der Waals surface area contributed by atoms with E-state index in [9.17, 15) is 0 Å². The van der Waals surface area contributed by atoms with E-state index in [-0.39, 0.29) is 0 Å². The van der Waals surface area contributed by atoms with Crippen LogP contribution in [0.1, 0.15) is 5.69 Å². The second-order valence-electron chi connectivity index (χ2n) is 4.13. The van der Waals surface area contributed by atoms with Crippen LogP contribution in [-0.2, 0) is 6.42 Å². The smallest absolute Gasteiger partial charge is 0.256 e. The molecule has 4 nitrogen and oxygen atoms in total. The molecule has 5 heteroatoms. The number of pyridine rings is 1. The SMILES string of the molecule is Nc1ccc2oc(SCCc3ccccn3)nc2c1. The van der Waals surface area contributed by atoms with Gasteiger partial charge in [0.25, 0.3) is 5.22 Å². The number of benzene rings is 1. The molecule has 0 aliphatic rings. The van der Waals surface area contributed by atoms with Gasteiger partial charge in [0.2, 0.25) is 0 Å². The molecule has 3 rings (SSSR count). The molecule has 0 aliphatic carbocycles. The van der Waals surface area contributed by atoms with Gasteiger partial charge in [0.1, 0.15) is 5.52 Å². The molecule has 0 atom stereocenters. The zero-order chi connectivity index (χ0) is 13.1. The van der Waals surface area contributed by atoms with Crippen LogP contribution in [0.15, 0.2) is 52.2 Å². The highest BCUT2D eigenvalue weighted by Gasteiger charge is 2.06. The number of aromatic nitrogens is 2. The molecule has 0 radical (unpaired) electrons. The zero-order valence-electron chi connectivity index (χ0n) is 10.2. The first-order valence-electron chi connectivity index (χ1n) is 6.00. The molecule has 96 valence electrons. The summed E-state index contributed by atoms with van der Waals surface area (Å²) >= 11 is 1.59. The van der Waals surface area contributed by atoms with Gasteiger partial charge >= 0.3 is 0 Å². The number of hydrogen-bond acceptors (Lipinski definition) is 5. The minimum Gasteiger partial charge on any atom is -0.431 e. The van der Waals surface area contributed by atoms with Gasteiger partial charge in [-0.3, -0.25) is 4.98 Å². The standard InChI is InChI=1S/C14H13N3OS/c15-10-4-5-13-12(9-10)17-14(18-13)19-8-6-11-3-1-2-7-16-11/h1-5,7,9H,6,8,15H2. The normalized spacial score (nSPS) is 10.9. The van der Waals surface area contributed by atoms with Crippen LogP contribution >= 0.6 is 11.8 Å². The van der Waals surface area contributed by atoms with Gasteiger partial charge in [-0.05, 0) is 36.8 Å². The summed E-state index contributed by atoms with van der Waals surface area (Å²) in [6, 6.07) is 11.4. The number of nitrogens with zero attached hydrogens (tertiary/aromatic N) is 2. The number of nitrogen functional groups attached to an aromatic ring is 1. The molecule has 0 unspecified atom stereocenters. The van der Waals surface area contributed by atoms with Gasteiger partial charge in [-0.1, -0.05) is 17.8 Å². The van der Waals surface area contributed by atoms with E-state index in [1.165, 1.54) is 0 Å². The minimum atomic E-state index is 0.677. The van der Waals surface area contributed by atoms with E-state index in [1.807, 2.05) is 42.6 Å². The van der Waals surface area contributed by atoms with Crippen molar-refractivity contribution >= 4 is 28.5 Å². The zero-order valence-corrected chi connectivity index (χ0v) is 11.1. The molecular formula is C14H13N3OS. The second kappa shape index (κ2) is 5.32. The third kappa shape index (κ3) is 2.88. The maximum absolute atomic E-state index is 5.71. The Kier molecular flexibility index (Phi) is 3.37. The van der Waals surface area contributed by atoms with Gasteiger partial charge in [-0.25, -0.2) is 4.98 Å². The Morgan fingerprint density at radius 1 is 1.21 bits per heavy atom. The maximum Gasteiger partial charge on any atom is 0.256 e. The first-order chi connectivity index (χ1) is 9.31. The van der Waals surface area contributed by atoms with Crippen LogP contribution in [0.2, 0.25) is 0 Å². The third-order valence-electron chi connectivity index (χ3n) is 2.70. The summed E-state index contributed by atoms with van der Waals surface area (Å²) in [4.78, 5) is 8.68. The number of anilines is 1. The number of nitrogens with two attached hydrogens (primary N) is 1. The lowest BCUT2D eigenvalue weighted by Gasteiger charge is -1.97. The molecule has 3 aromatic rings. The van der Waals surface area contributed by atoms with Gasteiger partial charge in [0, 0.05) is 23.3 Å². The van der Waals surface area contributed by atoms with Gasteiger partial charge in [-0.2, -0.15) is 0 Å². The van der Waals surface area contributed by atoms with E-state index in [1.54, 1.807) is 11.8 Å². The second-order valence-corrected chi connectivity index (χ2v) is 5.17. The van der Waals surface area contributed by atoms with Crippen LogP contribution in [0.25, 0.3) is 11.1 Å². The first kappa shape index (κ1) is 12.0. The Labute approximate surface area is 115 Å². The molecule has 0 aliphatic heterocycles. The summed E-state index contributed by atoms with van der Waals surface area (Å²) < 4.78 is 5.64. The summed E-state index contributed by atoms with van der Waals surface area (Å²) in [5.74, 6) is 0.888.